The first kappa shape index (κ1) is 21.9. The van der Waals surface area contributed by atoms with Gasteiger partial charge in [0.15, 0.2) is 0 Å². The predicted molar refractivity (Wildman–Crippen MR) is 101 cm³/mol. The number of hydrogen-bond acceptors (Lipinski definition) is 4. The first-order valence-electron chi connectivity index (χ1n) is 9.33. The second kappa shape index (κ2) is 9.21. The topological polar surface area (TPSA) is 59.1 Å². The molecule has 0 saturated carbocycles. The fraction of sp³-hybridized carbons (Fsp3) is 0.600. The summed E-state index contributed by atoms with van der Waals surface area (Å²) in [5.74, 6) is -0.154. The Kier molecular flexibility index (Phi) is 7.21. The van der Waals surface area contributed by atoms with E-state index in [1.54, 1.807) is 18.0 Å². The summed E-state index contributed by atoms with van der Waals surface area (Å²) in [6.07, 6.45) is 1.31. The Morgan fingerprint density at radius 1 is 1.32 bits per heavy atom. The number of rotatable bonds is 5. The summed E-state index contributed by atoms with van der Waals surface area (Å²) in [5.41, 5.74) is -0.259. The first-order chi connectivity index (χ1) is 13.0. The summed E-state index contributed by atoms with van der Waals surface area (Å²) in [4.78, 5) is 28.1. The molecule has 0 aliphatic carbocycles. The van der Waals surface area contributed by atoms with Crippen molar-refractivity contribution in [2.24, 2.45) is 5.92 Å². The minimum atomic E-state index is -2.94. The van der Waals surface area contributed by atoms with Gasteiger partial charge in [0.1, 0.15) is 11.4 Å². The van der Waals surface area contributed by atoms with Crippen LogP contribution < -0.4 is 4.74 Å². The van der Waals surface area contributed by atoms with E-state index in [0.717, 1.165) is 12.8 Å². The van der Waals surface area contributed by atoms with Crippen LogP contribution in [0.15, 0.2) is 24.3 Å². The number of amides is 2. The summed E-state index contributed by atoms with van der Waals surface area (Å²) in [6, 6.07) is 5.81. The first-order valence-corrected chi connectivity index (χ1v) is 9.33. The molecule has 1 aromatic carbocycles. The van der Waals surface area contributed by atoms with Gasteiger partial charge in [0.05, 0.1) is 0 Å². The van der Waals surface area contributed by atoms with E-state index in [9.17, 15) is 18.4 Å². The fourth-order valence-electron chi connectivity index (χ4n) is 3.19. The van der Waals surface area contributed by atoms with Crippen molar-refractivity contribution in [3.63, 3.8) is 0 Å². The van der Waals surface area contributed by atoms with Gasteiger partial charge in [0.25, 0.3) is 5.91 Å². The van der Waals surface area contributed by atoms with E-state index in [2.05, 4.69) is 4.74 Å². The van der Waals surface area contributed by atoms with E-state index in [1.807, 2.05) is 20.8 Å². The van der Waals surface area contributed by atoms with Crippen LogP contribution in [0.4, 0.5) is 13.6 Å². The molecule has 1 aromatic rings. The molecule has 2 rings (SSSR count). The lowest BCUT2D eigenvalue weighted by Gasteiger charge is -2.35. The molecule has 1 atom stereocenters. The van der Waals surface area contributed by atoms with E-state index in [-0.39, 0.29) is 17.6 Å². The van der Waals surface area contributed by atoms with E-state index in [0.29, 0.717) is 25.2 Å². The quantitative estimate of drug-likeness (QED) is 0.752. The highest BCUT2D eigenvalue weighted by Gasteiger charge is 2.28. The molecule has 1 aliphatic heterocycles. The maximum absolute atomic E-state index is 12.8. The van der Waals surface area contributed by atoms with Gasteiger partial charge >= 0.3 is 12.7 Å². The van der Waals surface area contributed by atoms with Crippen LogP contribution in [0.2, 0.25) is 0 Å². The van der Waals surface area contributed by atoms with Gasteiger partial charge < -0.3 is 19.3 Å². The third-order valence-electron chi connectivity index (χ3n) is 4.35. The number of halogens is 2. The molecule has 1 heterocycles. The van der Waals surface area contributed by atoms with Crippen LogP contribution in [0.5, 0.6) is 5.75 Å². The van der Waals surface area contributed by atoms with E-state index >= 15 is 0 Å². The van der Waals surface area contributed by atoms with Crippen LogP contribution in [0, 0.1) is 5.92 Å². The number of nitrogens with zero attached hydrogens (tertiary/aromatic N) is 2. The highest BCUT2D eigenvalue weighted by Crippen LogP contribution is 2.22. The number of alkyl halides is 2. The maximum atomic E-state index is 12.8. The number of carbonyl (C=O) groups is 2. The van der Waals surface area contributed by atoms with Crippen molar-refractivity contribution in [2.75, 3.05) is 26.7 Å². The molecule has 0 aromatic heterocycles. The van der Waals surface area contributed by atoms with Crippen molar-refractivity contribution < 1.29 is 27.8 Å². The van der Waals surface area contributed by atoms with Gasteiger partial charge in [0.2, 0.25) is 0 Å². The SMILES string of the molecule is CN(CC1CCCN(C(=O)c2cccc(OC(F)F)c2)C1)C(=O)OC(C)(C)C. The van der Waals surface area contributed by atoms with E-state index in [4.69, 9.17) is 4.74 Å². The molecule has 0 spiro atoms. The van der Waals surface area contributed by atoms with Crippen molar-refractivity contribution in [3.05, 3.63) is 29.8 Å². The van der Waals surface area contributed by atoms with E-state index < -0.39 is 18.3 Å². The number of piperidine rings is 1. The van der Waals surface area contributed by atoms with E-state index in [1.165, 1.54) is 23.1 Å². The van der Waals surface area contributed by atoms with Gasteiger partial charge in [-0.2, -0.15) is 8.78 Å². The van der Waals surface area contributed by atoms with Crippen LogP contribution in [0.3, 0.4) is 0 Å². The second-order valence-corrected chi connectivity index (χ2v) is 8.03. The molecule has 28 heavy (non-hydrogen) atoms. The summed E-state index contributed by atoms with van der Waals surface area (Å²) in [7, 11) is 1.68. The smallest absolute Gasteiger partial charge is 0.410 e. The molecule has 0 bridgehead atoms. The van der Waals surface area contributed by atoms with Gasteiger partial charge in [-0.1, -0.05) is 6.07 Å². The van der Waals surface area contributed by atoms with Crippen LogP contribution >= 0.6 is 0 Å². The Balaban J connectivity index is 1.97. The Labute approximate surface area is 164 Å². The molecule has 1 saturated heterocycles. The number of likely N-dealkylation sites (tertiary alicyclic amines) is 1. The highest BCUT2D eigenvalue weighted by molar-refractivity contribution is 5.94. The minimum Gasteiger partial charge on any atom is -0.444 e. The summed E-state index contributed by atoms with van der Waals surface area (Å²) < 4.78 is 34.5. The monoisotopic (exact) mass is 398 g/mol. The molecule has 0 radical (unpaired) electrons. The standard InChI is InChI=1S/C20H28F2N2O4/c1-20(2,3)28-19(26)23(4)12-14-7-6-10-24(13-14)17(25)15-8-5-9-16(11-15)27-18(21)22/h5,8-9,11,14,18H,6-7,10,12-13H2,1-4H3. The van der Waals surface area contributed by atoms with Crippen LogP contribution in [0.1, 0.15) is 44.0 Å². The second-order valence-electron chi connectivity index (χ2n) is 8.03. The zero-order valence-corrected chi connectivity index (χ0v) is 16.8. The predicted octanol–water partition coefficient (Wildman–Crippen LogP) is 4.01. The van der Waals surface area contributed by atoms with Crippen molar-refractivity contribution in [1.82, 2.24) is 9.80 Å². The lowest BCUT2D eigenvalue weighted by Crippen LogP contribution is -2.45. The Hall–Kier alpha value is -2.38. The van der Waals surface area contributed by atoms with Crippen molar-refractivity contribution in [1.29, 1.82) is 0 Å². The average molecular weight is 398 g/mol. The maximum Gasteiger partial charge on any atom is 0.410 e. The molecule has 1 aliphatic rings. The van der Waals surface area contributed by atoms with Crippen molar-refractivity contribution in [2.45, 2.75) is 45.8 Å². The van der Waals surface area contributed by atoms with Crippen LogP contribution in [-0.2, 0) is 4.74 Å². The Morgan fingerprint density at radius 3 is 2.68 bits per heavy atom. The van der Waals surface area contributed by atoms with Gasteiger partial charge in [-0.15, -0.1) is 0 Å². The molecule has 1 unspecified atom stereocenters. The van der Waals surface area contributed by atoms with Gasteiger partial charge in [0, 0.05) is 32.2 Å². The van der Waals surface area contributed by atoms with Gasteiger partial charge in [-0.25, -0.2) is 4.79 Å². The summed E-state index contributed by atoms with van der Waals surface area (Å²) in [5, 5.41) is 0. The summed E-state index contributed by atoms with van der Waals surface area (Å²) >= 11 is 0. The molecule has 156 valence electrons. The minimum absolute atomic E-state index is 0.0425. The van der Waals surface area contributed by atoms with Gasteiger partial charge in [-0.3, -0.25) is 4.79 Å². The Bertz CT molecular complexity index is 691. The molecule has 8 heteroatoms. The molecule has 6 nitrogen and oxygen atoms in total. The molecular formula is C20H28F2N2O4. The average Bonchev–Trinajstić information content (AvgIpc) is 2.59. The molecule has 2 amide bonds. The largest absolute Gasteiger partial charge is 0.444 e. The van der Waals surface area contributed by atoms with Crippen molar-refractivity contribution in [3.8, 4) is 5.75 Å². The van der Waals surface area contributed by atoms with Gasteiger partial charge in [-0.05, 0) is 57.7 Å². The highest BCUT2D eigenvalue weighted by atomic mass is 19.3. The van der Waals surface area contributed by atoms with Crippen LogP contribution in [0.25, 0.3) is 0 Å². The number of carbonyl (C=O) groups excluding carboxylic acids is 2. The number of hydrogen-bond donors (Lipinski definition) is 0. The summed E-state index contributed by atoms with van der Waals surface area (Å²) in [6.45, 7) is 4.06. The molecular weight excluding hydrogens is 370 g/mol. The fourth-order valence-corrected chi connectivity index (χ4v) is 3.19. The molecule has 1 fully saturated rings. The lowest BCUT2D eigenvalue weighted by molar-refractivity contribution is -0.0499. The van der Waals surface area contributed by atoms with Crippen molar-refractivity contribution >= 4 is 12.0 Å². The number of benzene rings is 1. The number of ether oxygens (including phenoxy) is 2. The zero-order valence-electron chi connectivity index (χ0n) is 16.8. The molecule has 0 N–H and O–H groups in total. The zero-order chi connectivity index (χ0) is 20.9. The lowest BCUT2D eigenvalue weighted by atomic mass is 9.97. The normalized spacial score (nSPS) is 17.4. The third kappa shape index (κ3) is 6.65. The van der Waals surface area contributed by atoms with Crippen LogP contribution in [-0.4, -0.2) is 60.7 Å². The third-order valence-corrected chi connectivity index (χ3v) is 4.35. The Morgan fingerprint density at radius 2 is 2.04 bits per heavy atom.